The van der Waals surface area contributed by atoms with Gasteiger partial charge in [-0.15, -0.1) is 0 Å². The number of rotatable bonds is 8. The standard InChI is InChI=1S/C30H30N6O2/c1-19(21-7-9-22(10-8-21)28(38)35-20(2)27(37)31-3)18-36-26(17-34-29(36)32-4)30(13-14-30)24-11-12-25-23(16-24)6-5-15-33-25/h5-12,15-18,20H,4,13-14H2,1-3H3,(H,31,37)(H,35,38)/b19-18+/t20-/m1/s1. The monoisotopic (exact) mass is 506 g/mol. The second-order valence-corrected chi connectivity index (χ2v) is 9.66. The number of carbonyl (C=O) groups excluding carboxylic acids is 2. The van der Waals surface area contributed by atoms with E-state index in [1.165, 1.54) is 12.6 Å². The van der Waals surface area contributed by atoms with Gasteiger partial charge in [0.15, 0.2) is 0 Å². The van der Waals surface area contributed by atoms with Gasteiger partial charge in [0, 0.05) is 35.8 Å². The molecule has 0 radical (unpaired) electrons. The van der Waals surface area contributed by atoms with Crippen LogP contribution in [0, 0.1) is 0 Å². The molecule has 1 atom stereocenters. The van der Waals surface area contributed by atoms with Crippen molar-refractivity contribution in [2.45, 2.75) is 38.1 Å². The molecule has 5 rings (SSSR count). The lowest BCUT2D eigenvalue weighted by molar-refractivity contribution is -0.122. The first-order valence-electron chi connectivity index (χ1n) is 12.6. The first-order chi connectivity index (χ1) is 18.4. The Morgan fingerprint density at radius 3 is 2.53 bits per heavy atom. The van der Waals surface area contributed by atoms with E-state index >= 15 is 0 Å². The summed E-state index contributed by atoms with van der Waals surface area (Å²) in [5.74, 6) is -0.0110. The predicted molar refractivity (Wildman–Crippen MR) is 150 cm³/mol. The van der Waals surface area contributed by atoms with Crippen molar-refractivity contribution in [3.8, 4) is 0 Å². The SMILES string of the molecule is C=Nc1ncc(C2(c3ccc4ncccc4c3)CC2)n1/C=C(\C)c1ccc(C(=O)N[C@H](C)C(=O)NC)cc1. The van der Waals surface area contributed by atoms with Crippen LogP contribution in [0.3, 0.4) is 0 Å². The highest BCUT2D eigenvalue weighted by Gasteiger charge is 2.48. The van der Waals surface area contributed by atoms with Gasteiger partial charge >= 0.3 is 0 Å². The number of likely N-dealkylation sites (N-methyl/N-ethyl adjacent to an activating group) is 1. The smallest absolute Gasteiger partial charge is 0.251 e. The Labute approximate surface area is 221 Å². The average molecular weight is 507 g/mol. The fourth-order valence-corrected chi connectivity index (χ4v) is 4.86. The van der Waals surface area contributed by atoms with Gasteiger partial charge in [0.1, 0.15) is 6.04 Å². The molecule has 8 nitrogen and oxygen atoms in total. The van der Waals surface area contributed by atoms with Gasteiger partial charge in [0.2, 0.25) is 11.9 Å². The topological polar surface area (TPSA) is 101 Å². The maximum absolute atomic E-state index is 12.5. The fourth-order valence-electron chi connectivity index (χ4n) is 4.86. The number of imidazole rings is 1. The fraction of sp³-hybridized carbons (Fsp3) is 0.233. The number of allylic oxidation sites excluding steroid dienone is 1. The summed E-state index contributed by atoms with van der Waals surface area (Å²) in [5, 5.41) is 6.35. The van der Waals surface area contributed by atoms with E-state index in [0.29, 0.717) is 11.5 Å². The number of hydrogen-bond donors (Lipinski definition) is 2. The maximum atomic E-state index is 12.5. The van der Waals surface area contributed by atoms with Gasteiger partial charge in [-0.2, -0.15) is 0 Å². The Kier molecular flexibility index (Phi) is 6.63. The van der Waals surface area contributed by atoms with E-state index < -0.39 is 6.04 Å². The Bertz CT molecular complexity index is 1560. The van der Waals surface area contributed by atoms with Gasteiger partial charge in [-0.25, -0.2) is 9.98 Å². The van der Waals surface area contributed by atoms with E-state index in [1.807, 2.05) is 48.3 Å². The molecule has 8 heteroatoms. The molecule has 2 amide bonds. The first kappa shape index (κ1) is 25.1. The minimum Gasteiger partial charge on any atom is -0.357 e. The molecule has 1 aliphatic carbocycles. The highest BCUT2D eigenvalue weighted by Crippen LogP contribution is 2.54. The first-order valence-corrected chi connectivity index (χ1v) is 12.6. The van der Waals surface area contributed by atoms with Crippen molar-refractivity contribution in [1.82, 2.24) is 25.2 Å². The number of benzene rings is 2. The van der Waals surface area contributed by atoms with Crippen LogP contribution in [0.15, 0.2) is 72.0 Å². The van der Waals surface area contributed by atoms with Crippen molar-refractivity contribution >= 4 is 47.2 Å². The van der Waals surface area contributed by atoms with Crippen molar-refractivity contribution in [2.24, 2.45) is 4.99 Å². The minimum absolute atomic E-state index is 0.139. The van der Waals surface area contributed by atoms with Crippen LogP contribution < -0.4 is 10.6 Å². The molecule has 0 unspecified atom stereocenters. The number of nitrogens with one attached hydrogen (secondary N) is 2. The quantitative estimate of drug-likeness (QED) is 0.338. The summed E-state index contributed by atoms with van der Waals surface area (Å²) in [4.78, 5) is 37.4. The molecule has 192 valence electrons. The molecular weight excluding hydrogens is 476 g/mol. The van der Waals surface area contributed by atoms with Gasteiger partial charge in [-0.05, 0) is 80.4 Å². The molecule has 0 bridgehead atoms. The van der Waals surface area contributed by atoms with Crippen LogP contribution in [0.2, 0.25) is 0 Å². The summed E-state index contributed by atoms with van der Waals surface area (Å²) >= 11 is 0. The zero-order valence-electron chi connectivity index (χ0n) is 21.7. The number of hydrogen-bond acceptors (Lipinski definition) is 5. The van der Waals surface area contributed by atoms with E-state index in [4.69, 9.17) is 0 Å². The summed E-state index contributed by atoms with van der Waals surface area (Å²) in [6, 6.07) is 17.2. The van der Waals surface area contributed by atoms with Gasteiger partial charge in [0.05, 0.1) is 17.4 Å². The third-order valence-electron chi connectivity index (χ3n) is 7.23. The second kappa shape index (κ2) is 10.0. The van der Waals surface area contributed by atoms with Crippen molar-refractivity contribution in [2.75, 3.05) is 7.05 Å². The largest absolute Gasteiger partial charge is 0.357 e. The molecule has 2 N–H and O–H groups in total. The molecular formula is C30H30N6O2. The van der Waals surface area contributed by atoms with E-state index in [1.54, 1.807) is 19.1 Å². The van der Waals surface area contributed by atoms with Gasteiger partial charge in [-0.1, -0.05) is 24.3 Å². The van der Waals surface area contributed by atoms with E-state index in [9.17, 15) is 9.59 Å². The van der Waals surface area contributed by atoms with Crippen LogP contribution in [0.4, 0.5) is 5.95 Å². The number of amides is 2. The maximum Gasteiger partial charge on any atom is 0.251 e. The lowest BCUT2D eigenvalue weighted by Gasteiger charge is -2.18. The number of fused-ring (bicyclic) bond motifs is 1. The number of carbonyl (C=O) groups is 2. The van der Waals surface area contributed by atoms with E-state index in [-0.39, 0.29) is 17.2 Å². The summed E-state index contributed by atoms with van der Waals surface area (Å²) in [5.41, 5.74) is 5.57. The molecule has 2 aromatic carbocycles. The molecule has 4 aromatic rings. The molecule has 1 aliphatic rings. The van der Waals surface area contributed by atoms with Crippen molar-refractivity contribution in [1.29, 1.82) is 0 Å². The number of pyridine rings is 1. The Morgan fingerprint density at radius 1 is 1.11 bits per heavy atom. The second-order valence-electron chi connectivity index (χ2n) is 9.66. The lowest BCUT2D eigenvalue weighted by Crippen LogP contribution is -2.43. The normalized spacial score (nSPS) is 15.1. The molecule has 1 saturated carbocycles. The van der Waals surface area contributed by atoms with E-state index in [0.717, 1.165) is 40.6 Å². The molecule has 38 heavy (non-hydrogen) atoms. The van der Waals surface area contributed by atoms with Gasteiger partial charge in [-0.3, -0.25) is 19.1 Å². The third-order valence-corrected chi connectivity index (χ3v) is 7.23. The minimum atomic E-state index is -0.619. The molecule has 2 heterocycles. The average Bonchev–Trinajstić information content (AvgIpc) is 3.66. The Balaban J connectivity index is 1.44. The molecule has 2 aromatic heterocycles. The van der Waals surface area contributed by atoms with Crippen LogP contribution in [0.5, 0.6) is 0 Å². The van der Waals surface area contributed by atoms with E-state index in [2.05, 4.69) is 56.6 Å². The Morgan fingerprint density at radius 2 is 1.84 bits per heavy atom. The summed E-state index contributed by atoms with van der Waals surface area (Å²) in [6.07, 6.45) is 7.77. The van der Waals surface area contributed by atoms with Gasteiger partial charge < -0.3 is 10.6 Å². The number of aromatic nitrogens is 3. The number of aliphatic imine (C=N–C) groups is 1. The van der Waals surface area contributed by atoms with Crippen molar-refractivity contribution < 1.29 is 9.59 Å². The summed E-state index contributed by atoms with van der Waals surface area (Å²) in [6.45, 7) is 7.39. The van der Waals surface area contributed by atoms with Crippen LogP contribution >= 0.6 is 0 Å². The lowest BCUT2D eigenvalue weighted by atomic mass is 9.91. The summed E-state index contributed by atoms with van der Waals surface area (Å²) in [7, 11) is 1.54. The third kappa shape index (κ3) is 4.61. The highest BCUT2D eigenvalue weighted by atomic mass is 16.2. The zero-order valence-corrected chi connectivity index (χ0v) is 21.7. The molecule has 1 fully saturated rings. The molecule has 0 spiro atoms. The summed E-state index contributed by atoms with van der Waals surface area (Å²) < 4.78 is 2.02. The molecule has 0 saturated heterocycles. The Hall–Kier alpha value is -4.59. The highest BCUT2D eigenvalue weighted by molar-refractivity contribution is 5.97. The van der Waals surface area contributed by atoms with Gasteiger partial charge in [0.25, 0.3) is 5.91 Å². The van der Waals surface area contributed by atoms with Crippen LogP contribution in [-0.4, -0.2) is 46.2 Å². The molecule has 0 aliphatic heterocycles. The van der Waals surface area contributed by atoms with Crippen molar-refractivity contribution in [3.05, 3.63) is 89.4 Å². The zero-order chi connectivity index (χ0) is 26.9. The van der Waals surface area contributed by atoms with Crippen LogP contribution in [0.1, 0.15) is 53.9 Å². The van der Waals surface area contributed by atoms with Crippen molar-refractivity contribution in [3.63, 3.8) is 0 Å². The van der Waals surface area contributed by atoms with Crippen LogP contribution in [-0.2, 0) is 10.2 Å². The number of nitrogens with zero attached hydrogens (tertiary/aromatic N) is 4. The van der Waals surface area contributed by atoms with Crippen LogP contribution in [0.25, 0.3) is 22.7 Å². The predicted octanol–water partition coefficient (Wildman–Crippen LogP) is 4.73.